The predicted molar refractivity (Wildman–Crippen MR) is 55.6 cm³/mol. The van der Waals surface area contributed by atoms with Crippen molar-refractivity contribution in [1.29, 1.82) is 0 Å². The molecule has 1 aromatic rings. The van der Waals surface area contributed by atoms with Gasteiger partial charge in [0.15, 0.2) is 0 Å². The van der Waals surface area contributed by atoms with Crippen molar-refractivity contribution in [2.75, 3.05) is 5.73 Å². The normalized spacial score (nSPS) is 12.5. The molecular formula is C10H12ClNO. The number of aliphatic hydroxyl groups is 1. The van der Waals surface area contributed by atoms with Crippen molar-refractivity contribution in [3.8, 4) is 0 Å². The lowest BCUT2D eigenvalue weighted by Gasteiger charge is -2.12. The van der Waals surface area contributed by atoms with Gasteiger partial charge in [-0.3, -0.25) is 0 Å². The van der Waals surface area contributed by atoms with Crippen molar-refractivity contribution in [3.05, 3.63) is 41.4 Å². The van der Waals surface area contributed by atoms with Gasteiger partial charge in [-0.15, -0.1) is 6.58 Å². The van der Waals surface area contributed by atoms with Crippen LogP contribution < -0.4 is 5.73 Å². The maximum absolute atomic E-state index is 9.65. The highest BCUT2D eigenvalue weighted by atomic mass is 35.5. The zero-order valence-corrected chi connectivity index (χ0v) is 7.96. The second-order valence-corrected chi connectivity index (χ2v) is 3.19. The lowest BCUT2D eigenvalue weighted by Crippen LogP contribution is -2.01. The SMILES string of the molecule is C=CCC(O)c1c(N)cccc1Cl. The summed E-state index contributed by atoms with van der Waals surface area (Å²) in [5, 5.41) is 10.1. The van der Waals surface area contributed by atoms with Gasteiger partial charge in [0.1, 0.15) is 0 Å². The van der Waals surface area contributed by atoms with E-state index in [1.165, 1.54) is 0 Å². The topological polar surface area (TPSA) is 46.2 Å². The van der Waals surface area contributed by atoms with Crippen LogP contribution in [-0.2, 0) is 0 Å². The maximum atomic E-state index is 9.65. The number of halogens is 1. The van der Waals surface area contributed by atoms with Crippen LogP contribution in [0.3, 0.4) is 0 Å². The van der Waals surface area contributed by atoms with Crippen molar-refractivity contribution < 1.29 is 5.11 Å². The molecule has 0 bridgehead atoms. The summed E-state index contributed by atoms with van der Waals surface area (Å²) in [5.74, 6) is 0. The van der Waals surface area contributed by atoms with Crippen molar-refractivity contribution in [2.45, 2.75) is 12.5 Å². The molecule has 0 aliphatic rings. The first-order chi connectivity index (χ1) is 6.16. The van der Waals surface area contributed by atoms with Crippen LogP contribution in [-0.4, -0.2) is 5.11 Å². The van der Waals surface area contributed by atoms with Gasteiger partial charge >= 0.3 is 0 Å². The Hall–Kier alpha value is -0.990. The molecule has 0 fully saturated rings. The van der Waals surface area contributed by atoms with Crippen LogP contribution in [0.25, 0.3) is 0 Å². The molecule has 0 heterocycles. The van der Waals surface area contributed by atoms with Crippen molar-refractivity contribution in [1.82, 2.24) is 0 Å². The summed E-state index contributed by atoms with van der Waals surface area (Å²) in [7, 11) is 0. The van der Waals surface area contributed by atoms with Crippen LogP contribution in [0.4, 0.5) is 5.69 Å². The largest absolute Gasteiger partial charge is 0.398 e. The van der Waals surface area contributed by atoms with Crippen LogP contribution in [0, 0.1) is 0 Å². The molecule has 3 N–H and O–H groups in total. The predicted octanol–water partition coefficient (Wildman–Crippen LogP) is 2.53. The molecule has 0 saturated heterocycles. The second-order valence-electron chi connectivity index (χ2n) is 2.78. The van der Waals surface area contributed by atoms with Crippen LogP contribution in [0.15, 0.2) is 30.9 Å². The number of aliphatic hydroxyl groups excluding tert-OH is 1. The molecule has 13 heavy (non-hydrogen) atoms. The van der Waals surface area contributed by atoms with E-state index in [4.69, 9.17) is 17.3 Å². The van der Waals surface area contributed by atoms with E-state index in [9.17, 15) is 5.11 Å². The van der Waals surface area contributed by atoms with Crippen molar-refractivity contribution in [2.24, 2.45) is 0 Å². The summed E-state index contributed by atoms with van der Waals surface area (Å²) in [4.78, 5) is 0. The van der Waals surface area contributed by atoms with Gasteiger partial charge in [-0.05, 0) is 18.6 Å². The smallest absolute Gasteiger partial charge is 0.0858 e. The monoisotopic (exact) mass is 197 g/mol. The highest BCUT2D eigenvalue weighted by molar-refractivity contribution is 6.31. The third-order valence-corrected chi connectivity index (χ3v) is 2.14. The molecule has 0 radical (unpaired) electrons. The van der Waals surface area contributed by atoms with Crippen molar-refractivity contribution in [3.63, 3.8) is 0 Å². The number of hydrogen-bond acceptors (Lipinski definition) is 2. The summed E-state index contributed by atoms with van der Waals surface area (Å²) in [5.41, 5.74) is 6.78. The molecule has 0 saturated carbocycles. The molecule has 1 unspecified atom stereocenters. The Balaban J connectivity index is 3.04. The highest BCUT2D eigenvalue weighted by Crippen LogP contribution is 2.30. The lowest BCUT2D eigenvalue weighted by molar-refractivity contribution is 0.182. The van der Waals surface area contributed by atoms with Gasteiger partial charge in [0.05, 0.1) is 6.10 Å². The molecule has 0 aliphatic carbocycles. The summed E-state index contributed by atoms with van der Waals surface area (Å²) >= 11 is 5.89. The highest BCUT2D eigenvalue weighted by Gasteiger charge is 2.12. The minimum atomic E-state index is -0.661. The van der Waals surface area contributed by atoms with Crippen LogP contribution in [0.2, 0.25) is 5.02 Å². The average molecular weight is 198 g/mol. The molecule has 0 spiro atoms. The summed E-state index contributed by atoms with van der Waals surface area (Å²) in [6.45, 7) is 3.54. The van der Waals surface area contributed by atoms with Gasteiger partial charge in [0.25, 0.3) is 0 Å². The van der Waals surface area contributed by atoms with Gasteiger partial charge in [-0.25, -0.2) is 0 Å². The zero-order valence-electron chi connectivity index (χ0n) is 7.20. The zero-order chi connectivity index (χ0) is 9.84. The summed E-state index contributed by atoms with van der Waals surface area (Å²) < 4.78 is 0. The van der Waals surface area contributed by atoms with Crippen LogP contribution in [0.1, 0.15) is 18.1 Å². The fraction of sp³-hybridized carbons (Fsp3) is 0.200. The maximum Gasteiger partial charge on any atom is 0.0858 e. The quantitative estimate of drug-likeness (QED) is 0.578. The third-order valence-electron chi connectivity index (χ3n) is 1.81. The minimum Gasteiger partial charge on any atom is -0.398 e. The first-order valence-corrected chi connectivity index (χ1v) is 4.37. The Bertz CT molecular complexity index is 292. The van der Waals surface area contributed by atoms with Gasteiger partial charge in [-0.2, -0.15) is 0 Å². The number of hydrogen-bond donors (Lipinski definition) is 2. The van der Waals surface area contributed by atoms with E-state index in [2.05, 4.69) is 6.58 Å². The molecule has 0 amide bonds. The lowest BCUT2D eigenvalue weighted by atomic mass is 10.0. The average Bonchev–Trinajstić information content (AvgIpc) is 2.04. The fourth-order valence-electron chi connectivity index (χ4n) is 1.18. The molecule has 1 atom stereocenters. The van der Waals surface area contributed by atoms with E-state index in [1.807, 2.05) is 0 Å². The molecule has 70 valence electrons. The molecule has 1 rings (SSSR count). The number of rotatable bonds is 3. The molecule has 1 aromatic carbocycles. The Kier molecular flexibility index (Phi) is 3.34. The van der Waals surface area contributed by atoms with Gasteiger partial charge in [0.2, 0.25) is 0 Å². The number of nitrogen functional groups attached to an aromatic ring is 1. The van der Waals surface area contributed by atoms with Gasteiger partial charge in [-0.1, -0.05) is 23.7 Å². The summed E-state index contributed by atoms with van der Waals surface area (Å²) in [6, 6.07) is 5.18. The molecular weight excluding hydrogens is 186 g/mol. The van der Waals surface area contributed by atoms with E-state index < -0.39 is 6.10 Å². The number of nitrogens with two attached hydrogens (primary N) is 1. The Morgan fingerprint density at radius 3 is 2.85 bits per heavy atom. The van der Waals surface area contributed by atoms with Gasteiger partial charge < -0.3 is 10.8 Å². The Morgan fingerprint density at radius 1 is 1.62 bits per heavy atom. The van der Waals surface area contributed by atoms with Crippen molar-refractivity contribution >= 4 is 17.3 Å². The van der Waals surface area contributed by atoms with E-state index in [1.54, 1.807) is 24.3 Å². The minimum absolute atomic E-state index is 0.452. The first kappa shape index (κ1) is 10.1. The van der Waals surface area contributed by atoms with E-state index in [0.29, 0.717) is 22.7 Å². The third kappa shape index (κ3) is 2.23. The van der Waals surface area contributed by atoms with E-state index in [-0.39, 0.29) is 0 Å². The Labute approximate surface area is 82.6 Å². The van der Waals surface area contributed by atoms with Crippen LogP contribution >= 0.6 is 11.6 Å². The molecule has 3 heteroatoms. The standard InChI is InChI=1S/C10H12ClNO/c1-2-4-9(13)10-7(11)5-3-6-8(10)12/h2-3,5-6,9,13H,1,4,12H2. The number of anilines is 1. The van der Waals surface area contributed by atoms with E-state index >= 15 is 0 Å². The molecule has 2 nitrogen and oxygen atoms in total. The number of benzene rings is 1. The first-order valence-electron chi connectivity index (χ1n) is 3.99. The summed E-state index contributed by atoms with van der Waals surface area (Å²) in [6.07, 6.45) is 1.42. The fourth-order valence-corrected chi connectivity index (χ4v) is 1.49. The second kappa shape index (κ2) is 4.30. The van der Waals surface area contributed by atoms with Crippen LogP contribution in [0.5, 0.6) is 0 Å². The Morgan fingerprint density at radius 2 is 2.31 bits per heavy atom. The molecule has 0 aliphatic heterocycles. The van der Waals surface area contributed by atoms with E-state index in [0.717, 1.165) is 0 Å². The van der Waals surface area contributed by atoms with Gasteiger partial charge in [0, 0.05) is 16.3 Å². The molecule has 0 aromatic heterocycles.